The van der Waals surface area contributed by atoms with Gasteiger partial charge in [-0.3, -0.25) is 10.1 Å². The van der Waals surface area contributed by atoms with Crippen LogP contribution in [0.5, 0.6) is 0 Å². The average Bonchev–Trinajstić information content (AvgIpc) is 2.92. The molecule has 0 aliphatic heterocycles. The second-order valence-electron chi connectivity index (χ2n) is 4.92. The maximum atomic E-state index is 11.8. The molecule has 2 N–H and O–H groups in total. The topological polar surface area (TPSA) is 76.0 Å². The van der Waals surface area contributed by atoms with Crippen molar-refractivity contribution < 1.29 is 9.59 Å². The van der Waals surface area contributed by atoms with E-state index in [1.165, 1.54) is 23.1 Å². The third-order valence-corrected chi connectivity index (χ3v) is 5.35. The van der Waals surface area contributed by atoms with Crippen molar-refractivity contribution >= 4 is 47.3 Å². The number of benzene rings is 1. The first-order valence-electron chi connectivity index (χ1n) is 7.38. The van der Waals surface area contributed by atoms with E-state index in [2.05, 4.69) is 15.7 Å². The number of thioether (sulfide) groups is 1. The standard InChI is InChI=1S/C15H18N4O2S3/c1-3-8-16-13(21)17-12(20)9-23-14-18-19(15(22)24-14)11-7-5-4-6-10(11)2/h4-7H,3,8-9H2,1-2H3,(H2,16,17,20,21). The molecule has 2 rings (SSSR count). The summed E-state index contributed by atoms with van der Waals surface area (Å²) in [5.74, 6) is -0.257. The molecule has 0 unspecified atom stereocenters. The smallest absolute Gasteiger partial charge is 0.321 e. The maximum Gasteiger partial charge on any atom is 0.321 e. The Labute approximate surface area is 153 Å². The highest BCUT2D eigenvalue weighted by atomic mass is 32.2. The zero-order valence-corrected chi connectivity index (χ0v) is 15.8. The summed E-state index contributed by atoms with van der Waals surface area (Å²) in [6.45, 7) is 4.47. The Morgan fingerprint density at radius 3 is 2.83 bits per heavy atom. The van der Waals surface area contributed by atoms with Crippen LogP contribution in [0.1, 0.15) is 18.9 Å². The summed E-state index contributed by atoms with van der Waals surface area (Å²) in [5.41, 5.74) is 2.00. The van der Waals surface area contributed by atoms with Crippen LogP contribution in [0.25, 0.3) is 5.69 Å². The van der Waals surface area contributed by atoms with Gasteiger partial charge in [0.05, 0.1) is 11.4 Å². The van der Waals surface area contributed by atoms with Crippen molar-refractivity contribution in [1.82, 2.24) is 20.4 Å². The number of carbonyl (C=O) groups excluding carboxylic acids is 2. The zero-order valence-electron chi connectivity index (χ0n) is 13.4. The molecule has 0 bridgehead atoms. The van der Waals surface area contributed by atoms with E-state index in [0.29, 0.717) is 14.8 Å². The molecule has 0 fully saturated rings. The lowest BCUT2D eigenvalue weighted by molar-refractivity contribution is -0.117. The van der Waals surface area contributed by atoms with E-state index in [-0.39, 0.29) is 11.7 Å². The monoisotopic (exact) mass is 382 g/mol. The minimum absolute atomic E-state index is 0.107. The number of nitrogens with one attached hydrogen (secondary N) is 2. The number of amides is 3. The Balaban J connectivity index is 1.96. The molecular formula is C15H18N4O2S3. The molecule has 1 aromatic heterocycles. The van der Waals surface area contributed by atoms with Crippen molar-refractivity contribution in [2.45, 2.75) is 24.6 Å². The predicted octanol–water partition coefficient (Wildman–Crippen LogP) is 3.30. The van der Waals surface area contributed by atoms with Crippen molar-refractivity contribution in [3.05, 3.63) is 33.8 Å². The van der Waals surface area contributed by atoms with Gasteiger partial charge in [0.15, 0.2) is 8.29 Å². The van der Waals surface area contributed by atoms with E-state index < -0.39 is 6.03 Å². The molecule has 0 aliphatic rings. The lowest BCUT2D eigenvalue weighted by Crippen LogP contribution is -2.40. The van der Waals surface area contributed by atoms with Gasteiger partial charge in [0.1, 0.15) is 0 Å². The van der Waals surface area contributed by atoms with E-state index >= 15 is 0 Å². The predicted molar refractivity (Wildman–Crippen MR) is 99.6 cm³/mol. The zero-order chi connectivity index (χ0) is 17.5. The van der Waals surface area contributed by atoms with Crippen LogP contribution in [0, 0.1) is 10.9 Å². The third kappa shape index (κ3) is 5.15. The Morgan fingerprint density at radius 2 is 2.12 bits per heavy atom. The first-order chi connectivity index (χ1) is 11.5. The molecule has 2 aromatic rings. The van der Waals surface area contributed by atoms with E-state index in [4.69, 9.17) is 12.2 Å². The lowest BCUT2D eigenvalue weighted by Gasteiger charge is -2.05. The minimum atomic E-state index is -0.472. The molecule has 9 heteroatoms. The molecule has 1 heterocycles. The maximum absolute atomic E-state index is 11.8. The van der Waals surface area contributed by atoms with Crippen LogP contribution in [0.15, 0.2) is 28.6 Å². The van der Waals surface area contributed by atoms with Crippen LogP contribution in [0.3, 0.4) is 0 Å². The average molecular weight is 383 g/mol. The molecule has 128 valence electrons. The Morgan fingerprint density at radius 1 is 1.38 bits per heavy atom. The van der Waals surface area contributed by atoms with Gasteiger partial charge in [-0.1, -0.05) is 48.2 Å². The van der Waals surface area contributed by atoms with Crippen molar-refractivity contribution in [3.8, 4) is 5.69 Å². The second kappa shape index (κ2) is 8.95. The number of aromatic nitrogens is 2. The van der Waals surface area contributed by atoms with Gasteiger partial charge in [0.25, 0.3) is 0 Å². The lowest BCUT2D eigenvalue weighted by atomic mass is 10.2. The Hall–Kier alpha value is -1.71. The quantitative estimate of drug-likeness (QED) is 0.592. The summed E-state index contributed by atoms with van der Waals surface area (Å²) in [6.07, 6.45) is 0.815. The van der Waals surface area contributed by atoms with Gasteiger partial charge in [-0.15, -0.1) is 5.10 Å². The van der Waals surface area contributed by atoms with Crippen LogP contribution in [0.2, 0.25) is 0 Å². The van der Waals surface area contributed by atoms with Gasteiger partial charge in [0, 0.05) is 6.54 Å². The Kier molecular flexibility index (Phi) is 6.95. The Bertz CT molecular complexity index is 785. The van der Waals surface area contributed by atoms with Crippen LogP contribution in [-0.2, 0) is 4.79 Å². The number of para-hydroxylation sites is 1. The highest BCUT2D eigenvalue weighted by molar-refractivity contribution is 8.01. The fourth-order valence-corrected chi connectivity index (χ4v) is 3.99. The molecule has 0 saturated carbocycles. The van der Waals surface area contributed by atoms with Gasteiger partial charge in [-0.25, -0.2) is 9.48 Å². The van der Waals surface area contributed by atoms with Gasteiger partial charge in [-0.05, 0) is 37.2 Å². The molecule has 0 radical (unpaired) electrons. The van der Waals surface area contributed by atoms with Gasteiger partial charge in [0.2, 0.25) is 5.91 Å². The van der Waals surface area contributed by atoms with Crippen LogP contribution >= 0.6 is 35.3 Å². The van der Waals surface area contributed by atoms with Crippen LogP contribution in [0.4, 0.5) is 4.79 Å². The summed E-state index contributed by atoms with van der Waals surface area (Å²) >= 11 is 7.95. The number of hydrogen-bond acceptors (Lipinski definition) is 6. The molecule has 3 amide bonds. The third-order valence-electron chi connectivity index (χ3n) is 2.99. The fourth-order valence-electron chi connectivity index (χ4n) is 1.85. The number of urea groups is 1. The molecule has 6 nitrogen and oxygen atoms in total. The summed E-state index contributed by atoms with van der Waals surface area (Å²) in [5, 5.41) is 9.32. The number of nitrogens with zero attached hydrogens (tertiary/aromatic N) is 2. The normalized spacial score (nSPS) is 10.4. The highest BCUT2D eigenvalue weighted by Crippen LogP contribution is 2.24. The van der Waals surface area contributed by atoms with Crippen LogP contribution < -0.4 is 10.6 Å². The van der Waals surface area contributed by atoms with E-state index in [0.717, 1.165) is 17.7 Å². The summed E-state index contributed by atoms with van der Waals surface area (Å²) in [6, 6.07) is 7.35. The minimum Gasteiger partial charge on any atom is -0.338 e. The molecule has 24 heavy (non-hydrogen) atoms. The number of imide groups is 1. The van der Waals surface area contributed by atoms with Crippen LogP contribution in [-0.4, -0.2) is 34.0 Å². The van der Waals surface area contributed by atoms with E-state index in [1.807, 2.05) is 38.1 Å². The summed E-state index contributed by atoms with van der Waals surface area (Å²) < 4.78 is 3.00. The van der Waals surface area contributed by atoms with Crippen molar-refractivity contribution in [3.63, 3.8) is 0 Å². The SMILES string of the molecule is CCCNC(=O)NC(=O)CSc1nn(-c2ccccc2C)c(=S)s1. The fraction of sp³-hybridized carbons (Fsp3) is 0.333. The second-order valence-corrected chi connectivity index (χ2v) is 7.77. The summed E-state index contributed by atoms with van der Waals surface area (Å²) in [4.78, 5) is 23.2. The summed E-state index contributed by atoms with van der Waals surface area (Å²) in [7, 11) is 0. The molecular weight excluding hydrogens is 364 g/mol. The van der Waals surface area contributed by atoms with Gasteiger partial charge in [-0.2, -0.15) is 0 Å². The molecule has 0 saturated heterocycles. The highest BCUT2D eigenvalue weighted by Gasteiger charge is 2.12. The van der Waals surface area contributed by atoms with Crippen molar-refractivity contribution in [1.29, 1.82) is 0 Å². The van der Waals surface area contributed by atoms with E-state index in [1.54, 1.807) is 4.68 Å². The number of aryl methyl sites for hydroxylation is 1. The van der Waals surface area contributed by atoms with Crippen molar-refractivity contribution in [2.24, 2.45) is 0 Å². The number of rotatable bonds is 6. The van der Waals surface area contributed by atoms with Gasteiger partial charge >= 0.3 is 6.03 Å². The van der Waals surface area contributed by atoms with E-state index in [9.17, 15) is 9.59 Å². The molecule has 1 aromatic carbocycles. The van der Waals surface area contributed by atoms with Crippen molar-refractivity contribution in [2.75, 3.05) is 12.3 Å². The number of carbonyl (C=O) groups is 2. The van der Waals surface area contributed by atoms with Gasteiger partial charge < -0.3 is 5.32 Å². The number of hydrogen-bond donors (Lipinski definition) is 2. The first kappa shape index (κ1) is 18.6. The largest absolute Gasteiger partial charge is 0.338 e. The molecule has 0 aliphatic carbocycles. The first-order valence-corrected chi connectivity index (χ1v) is 9.59. The molecule has 0 spiro atoms. The molecule has 0 atom stereocenters.